The van der Waals surface area contributed by atoms with Gasteiger partial charge in [-0.3, -0.25) is 4.99 Å². The van der Waals surface area contributed by atoms with Crippen LogP contribution in [0.4, 0.5) is 0 Å². The van der Waals surface area contributed by atoms with Crippen LogP contribution >= 0.6 is 0 Å². The maximum atomic E-state index is 5.10. The molecule has 0 radical (unpaired) electrons. The lowest BCUT2D eigenvalue weighted by atomic mass is 9.85. The molecule has 1 saturated heterocycles. The lowest BCUT2D eigenvalue weighted by Gasteiger charge is -2.23. The van der Waals surface area contributed by atoms with Crippen LogP contribution in [0, 0.1) is 5.92 Å². The van der Waals surface area contributed by atoms with E-state index in [-0.39, 0.29) is 0 Å². The van der Waals surface area contributed by atoms with Crippen molar-refractivity contribution >= 4 is 5.71 Å². The van der Waals surface area contributed by atoms with Crippen LogP contribution in [0.5, 0.6) is 0 Å². The second-order valence-electron chi connectivity index (χ2n) is 7.17. The van der Waals surface area contributed by atoms with Crippen molar-refractivity contribution < 1.29 is 0 Å². The van der Waals surface area contributed by atoms with E-state index in [1.54, 1.807) is 0 Å². The molecule has 1 atom stereocenters. The predicted octanol–water partition coefficient (Wildman–Crippen LogP) is 5.10. The number of aliphatic imine (C=N–C) groups is 1. The molecule has 1 saturated carbocycles. The summed E-state index contributed by atoms with van der Waals surface area (Å²) >= 11 is 0. The number of hydrogen-bond donors (Lipinski definition) is 1. The second kappa shape index (κ2) is 8.33. The van der Waals surface area contributed by atoms with E-state index in [2.05, 4.69) is 48.6 Å². The molecule has 2 nitrogen and oxygen atoms in total. The van der Waals surface area contributed by atoms with Crippen LogP contribution in [0.2, 0.25) is 0 Å². The van der Waals surface area contributed by atoms with Gasteiger partial charge >= 0.3 is 0 Å². The average molecular weight is 310 g/mol. The van der Waals surface area contributed by atoms with Crippen LogP contribution in [0.3, 0.4) is 0 Å². The summed E-state index contributed by atoms with van der Waals surface area (Å²) in [7, 11) is 0. The number of rotatable bonds is 5. The van der Waals surface area contributed by atoms with Crippen molar-refractivity contribution in [2.24, 2.45) is 10.9 Å². The minimum atomic E-state index is 0.409. The Bertz CT molecular complexity index is 530. The van der Waals surface area contributed by atoms with Crippen LogP contribution < -0.4 is 5.32 Å². The molecule has 0 amide bonds. The van der Waals surface area contributed by atoms with Crippen molar-refractivity contribution in [3.63, 3.8) is 0 Å². The molecule has 2 heteroatoms. The second-order valence-corrected chi connectivity index (χ2v) is 7.17. The van der Waals surface area contributed by atoms with Crippen LogP contribution in [-0.4, -0.2) is 18.3 Å². The van der Waals surface area contributed by atoms with Crippen molar-refractivity contribution in [3.05, 3.63) is 47.7 Å². The molecule has 1 N–H and O–H groups in total. The molecule has 1 heterocycles. The first-order valence-corrected chi connectivity index (χ1v) is 9.39. The predicted molar refractivity (Wildman–Crippen MR) is 99.0 cm³/mol. The lowest BCUT2D eigenvalue weighted by molar-refractivity contribution is 0.323. The zero-order valence-electron chi connectivity index (χ0n) is 14.4. The number of hydrogen-bond acceptors (Lipinski definition) is 2. The van der Waals surface area contributed by atoms with Gasteiger partial charge in [0.05, 0.1) is 5.71 Å². The third-order valence-corrected chi connectivity index (χ3v) is 5.11. The smallest absolute Gasteiger partial charge is 0.0667 e. The number of allylic oxidation sites excluding steroid dienone is 2. The van der Waals surface area contributed by atoms with Gasteiger partial charge in [0.15, 0.2) is 0 Å². The first-order valence-electron chi connectivity index (χ1n) is 9.39. The van der Waals surface area contributed by atoms with E-state index < -0.39 is 0 Å². The normalized spacial score (nSPS) is 23.0. The van der Waals surface area contributed by atoms with Crippen LogP contribution in [0.25, 0.3) is 0 Å². The highest BCUT2D eigenvalue weighted by molar-refractivity contribution is 6.09. The first kappa shape index (κ1) is 16.3. The molecular weight excluding hydrogens is 280 g/mol. The summed E-state index contributed by atoms with van der Waals surface area (Å²) in [6.07, 6.45) is 13.0. The third kappa shape index (κ3) is 4.95. The summed E-state index contributed by atoms with van der Waals surface area (Å²) in [6, 6.07) is 11.1. The molecule has 3 rings (SSSR count). The maximum absolute atomic E-state index is 5.10. The van der Waals surface area contributed by atoms with Gasteiger partial charge in [-0.2, -0.15) is 0 Å². The zero-order valence-corrected chi connectivity index (χ0v) is 14.4. The summed E-state index contributed by atoms with van der Waals surface area (Å²) in [6.45, 7) is 3.39. The van der Waals surface area contributed by atoms with E-state index in [0.29, 0.717) is 6.04 Å². The van der Waals surface area contributed by atoms with E-state index in [0.717, 1.165) is 24.6 Å². The summed E-state index contributed by atoms with van der Waals surface area (Å²) in [5.74, 6) is 0.886. The number of nitrogens with one attached hydrogen (secondary N) is 1. The SMILES string of the molecule is CC(CC1CCCCC1)N=C(/C=C1\CCCN1)c1ccccc1. The Hall–Kier alpha value is -1.57. The minimum Gasteiger partial charge on any atom is -0.388 e. The summed E-state index contributed by atoms with van der Waals surface area (Å²) in [4.78, 5) is 5.10. The Morgan fingerprint density at radius 3 is 2.65 bits per heavy atom. The summed E-state index contributed by atoms with van der Waals surface area (Å²) < 4.78 is 0. The van der Waals surface area contributed by atoms with E-state index in [4.69, 9.17) is 4.99 Å². The monoisotopic (exact) mass is 310 g/mol. The topological polar surface area (TPSA) is 24.4 Å². The van der Waals surface area contributed by atoms with Crippen LogP contribution in [0.1, 0.15) is 63.9 Å². The van der Waals surface area contributed by atoms with Crippen LogP contribution in [0.15, 0.2) is 47.1 Å². The fourth-order valence-electron chi connectivity index (χ4n) is 3.90. The number of benzene rings is 1. The molecule has 1 unspecified atom stereocenters. The van der Waals surface area contributed by atoms with Gasteiger partial charge in [0.2, 0.25) is 0 Å². The highest BCUT2D eigenvalue weighted by Gasteiger charge is 2.17. The van der Waals surface area contributed by atoms with Gasteiger partial charge in [0, 0.05) is 18.3 Å². The number of nitrogens with zero attached hydrogens (tertiary/aromatic N) is 1. The molecule has 0 bridgehead atoms. The summed E-state index contributed by atoms with van der Waals surface area (Å²) in [5.41, 5.74) is 3.74. The van der Waals surface area contributed by atoms with Gasteiger partial charge in [-0.05, 0) is 43.7 Å². The molecule has 0 aromatic heterocycles. The molecule has 2 fully saturated rings. The van der Waals surface area contributed by atoms with E-state index in [1.807, 2.05) is 0 Å². The quantitative estimate of drug-likeness (QED) is 0.752. The molecular formula is C21H30N2. The van der Waals surface area contributed by atoms with Crippen molar-refractivity contribution in [2.75, 3.05) is 6.54 Å². The fraction of sp³-hybridized carbons (Fsp3) is 0.571. The standard InChI is InChI=1S/C21H30N2/c1-17(15-18-9-4-2-5-10-18)23-21(16-20-13-8-14-22-20)19-11-6-3-7-12-19/h3,6-7,11-12,16-18,22H,2,4-5,8-10,13-15H2,1H3/b20-16+,23-21?. The molecule has 1 aromatic rings. The van der Waals surface area contributed by atoms with E-state index in [1.165, 1.54) is 56.2 Å². The fourth-order valence-corrected chi connectivity index (χ4v) is 3.90. The lowest BCUT2D eigenvalue weighted by Crippen LogP contribution is -2.15. The Morgan fingerprint density at radius 1 is 1.17 bits per heavy atom. The van der Waals surface area contributed by atoms with Crippen molar-refractivity contribution in [2.45, 2.75) is 64.3 Å². The molecule has 23 heavy (non-hydrogen) atoms. The van der Waals surface area contributed by atoms with Crippen LogP contribution in [-0.2, 0) is 0 Å². The molecule has 124 valence electrons. The van der Waals surface area contributed by atoms with Gasteiger partial charge in [-0.1, -0.05) is 62.4 Å². The van der Waals surface area contributed by atoms with E-state index in [9.17, 15) is 0 Å². The molecule has 2 aliphatic rings. The highest BCUT2D eigenvalue weighted by atomic mass is 14.9. The first-order chi connectivity index (χ1) is 11.3. The molecule has 1 aromatic carbocycles. The maximum Gasteiger partial charge on any atom is 0.0667 e. The highest BCUT2D eigenvalue weighted by Crippen LogP contribution is 2.28. The van der Waals surface area contributed by atoms with E-state index >= 15 is 0 Å². The Morgan fingerprint density at radius 2 is 1.96 bits per heavy atom. The zero-order chi connectivity index (χ0) is 15.9. The van der Waals surface area contributed by atoms with Gasteiger partial charge < -0.3 is 5.32 Å². The van der Waals surface area contributed by atoms with Crippen molar-refractivity contribution in [1.82, 2.24) is 5.32 Å². The molecule has 0 spiro atoms. The van der Waals surface area contributed by atoms with Gasteiger partial charge in [0.25, 0.3) is 0 Å². The average Bonchev–Trinajstić information content (AvgIpc) is 3.09. The van der Waals surface area contributed by atoms with Crippen molar-refractivity contribution in [1.29, 1.82) is 0 Å². The summed E-state index contributed by atoms with van der Waals surface area (Å²) in [5, 5.41) is 3.49. The van der Waals surface area contributed by atoms with Gasteiger partial charge in [0.1, 0.15) is 0 Å². The third-order valence-electron chi connectivity index (χ3n) is 5.11. The minimum absolute atomic E-state index is 0.409. The van der Waals surface area contributed by atoms with Crippen molar-refractivity contribution in [3.8, 4) is 0 Å². The Kier molecular flexibility index (Phi) is 5.90. The van der Waals surface area contributed by atoms with Gasteiger partial charge in [-0.25, -0.2) is 0 Å². The van der Waals surface area contributed by atoms with Gasteiger partial charge in [-0.15, -0.1) is 0 Å². The molecule has 1 aliphatic carbocycles. The molecule has 1 aliphatic heterocycles. The largest absolute Gasteiger partial charge is 0.388 e. The Labute approximate surface area is 141 Å². The Balaban J connectivity index is 1.74.